The predicted molar refractivity (Wildman–Crippen MR) is 106 cm³/mol. The standard InChI is InChI=1S/C20H17Cl2N3O4/c1-10-6-15(24-29-10)25-9-20-5-4-14(28-20)16(17(20)19(25)27)18(26)23-8-11-2-3-12(21)13(22)7-11/h2-7,14,16-17H,8-9H2,1H3,(H,23,26)/t14-,16-,17+,20+/m1/s1. The summed E-state index contributed by atoms with van der Waals surface area (Å²) in [5, 5.41) is 7.72. The Labute approximate surface area is 176 Å². The fraction of sp³-hybridized carbons (Fsp3) is 0.350. The summed E-state index contributed by atoms with van der Waals surface area (Å²) in [6.07, 6.45) is 3.35. The first-order chi connectivity index (χ1) is 13.9. The lowest BCUT2D eigenvalue weighted by molar-refractivity contribution is -0.132. The number of rotatable bonds is 4. The Morgan fingerprint density at radius 3 is 2.90 bits per heavy atom. The molecule has 3 aliphatic heterocycles. The highest BCUT2D eigenvalue weighted by atomic mass is 35.5. The maximum absolute atomic E-state index is 13.2. The van der Waals surface area contributed by atoms with Gasteiger partial charge in [0, 0.05) is 12.6 Å². The monoisotopic (exact) mass is 433 g/mol. The highest BCUT2D eigenvalue weighted by Gasteiger charge is 2.67. The van der Waals surface area contributed by atoms with E-state index in [1.165, 1.54) is 4.90 Å². The van der Waals surface area contributed by atoms with Crippen LogP contribution in [-0.4, -0.2) is 35.2 Å². The topological polar surface area (TPSA) is 84.7 Å². The lowest BCUT2D eigenvalue weighted by Gasteiger charge is -2.23. The average molecular weight is 434 g/mol. The summed E-state index contributed by atoms with van der Waals surface area (Å²) in [6, 6.07) is 6.88. The van der Waals surface area contributed by atoms with Crippen molar-refractivity contribution in [3.63, 3.8) is 0 Å². The van der Waals surface area contributed by atoms with Crippen LogP contribution in [0.15, 0.2) is 40.9 Å². The molecule has 9 heteroatoms. The second kappa shape index (κ2) is 6.58. The molecule has 150 valence electrons. The van der Waals surface area contributed by atoms with Crippen LogP contribution in [0.25, 0.3) is 0 Å². The second-order valence-corrected chi connectivity index (χ2v) is 8.40. The maximum atomic E-state index is 13.2. The first-order valence-corrected chi connectivity index (χ1v) is 9.97. The third-order valence-electron chi connectivity index (χ3n) is 5.75. The van der Waals surface area contributed by atoms with E-state index in [1.54, 1.807) is 31.2 Å². The smallest absolute Gasteiger partial charge is 0.235 e. The number of amides is 2. The lowest BCUT2D eigenvalue weighted by Crippen LogP contribution is -2.44. The van der Waals surface area contributed by atoms with E-state index < -0.39 is 23.5 Å². The van der Waals surface area contributed by atoms with E-state index in [1.807, 2.05) is 12.2 Å². The van der Waals surface area contributed by atoms with Gasteiger partial charge in [0.05, 0.1) is 34.5 Å². The summed E-state index contributed by atoms with van der Waals surface area (Å²) >= 11 is 12.0. The second-order valence-electron chi connectivity index (χ2n) is 7.59. The largest absolute Gasteiger partial charge is 0.360 e. The van der Waals surface area contributed by atoms with Gasteiger partial charge in [-0.2, -0.15) is 0 Å². The Morgan fingerprint density at radius 1 is 1.34 bits per heavy atom. The van der Waals surface area contributed by atoms with Crippen molar-refractivity contribution in [2.75, 3.05) is 11.4 Å². The van der Waals surface area contributed by atoms with Gasteiger partial charge in [-0.1, -0.05) is 46.6 Å². The van der Waals surface area contributed by atoms with E-state index >= 15 is 0 Å². The van der Waals surface area contributed by atoms with E-state index in [-0.39, 0.29) is 18.4 Å². The molecule has 0 aliphatic carbocycles. The molecule has 5 rings (SSSR count). The number of halogens is 2. The number of ether oxygens (including phenoxy) is 1. The fourth-order valence-electron chi connectivity index (χ4n) is 4.43. The molecule has 1 N–H and O–H groups in total. The Bertz CT molecular complexity index is 1050. The number of carbonyl (C=O) groups excluding carboxylic acids is 2. The summed E-state index contributed by atoms with van der Waals surface area (Å²) in [4.78, 5) is 27.7. The van der Waals surface area contributed by atoms with Crippen LogP contribution in [0.1, 0.15) is 11.3 Å². The highest BCUT2D eigenvalue weighted by Crippen LogP contribution is 2.52. The minimum absolute atomic E-state index is 0.181. The fourth-order valence-corrected chi connectivity index (χ4v) is 4.75. The van der Waals surface area contributed by atoms with E-state index in [0.29, 0.717) is 28.2 Å². The molecule has 2 aromatic rings. The van der Waals surface area contributed by atoms with Crippen molar-refractivity contribution in [1.29, 1.82) is 0 Å². The van der Waals surface area contributed by atoms with Crippen LogP contribution in [0.4, 0.5) is 5.82 Å². The van der Waals surface area contributed by atoms with Crippen LogP contribution < -0.4 is 10.2 Å². The number of benzene rings is 1. The van der Waals surface area contributed by atoms with Crippen molar-refractivity contribution < 1.29 is 18.8 Å². The van der Waals surface area contributed by atoms with E-state index in [0.717, 1.165) is 5.56 Å². The summed E-state index contributed by atoms with van der Waals surface area (Å²) in [7, 11) is 0. The highest BCUT2D eigenvalue weighted by molar-refractivity contribution is 6.42. The Morgan fingerprint density at radius 2 is 2.17 bits per heavy atom. The molecule has 0 unspecified atom stereocenters. The first-order valence-electron chi connectivity index (χ1n) is 9.21. The number of anilines is 1. The van der Waals surface area contributed by atoms with Gasteiger partial charge in [-0.25, -0.2) is 0 Å². The van der Waals surface area contributed by atoms with Crippen molar-refractivity contribution in [3.8, 4) is 0 Å². The number of carbonyl (C=O) groups is 2. The van der Waals surface area contributed by atoms with Crippen LogP contribution in [0, 0.1) is 18.8 Å². The molecule has 3 aliphatic rings. The zero-order chi connectivity index (χ0) is 20.3. The van der Waals surface area contributed by atoms with Gasteiger partial charge in [0.1, 0.15) is 11.4 Å². The number of nitrogens with one attached hydrogen (secondary N) is 1. The van der Waals surface area contributed by atoms with Gasteiger partial charge in [0.25, 0.3) is 0 Å². The molecule has 29 heavy (non-hydrogen) atoms. The van der Waals surface area contributed by atoms with Gasteiger partial charge in [-0.05, 0) is 24.6 Å². The Kier molecular flexibility index (Phi) is 4.24. The molecular weight excluding hydrogens is 417 g/mol. The molecule has 0 saturated carbocycles. The molecule has 1 aromatic carbocycles. The zero-order valence-corrected chi connectivity index (χ0v) is 16.9. The first kappa shape index (κ1) is 18.7. The van der Waals surface area contributed by atoms with Crippen molar-refractivity contribution in [2.45, 2.75) is 25.2 Å². The molecule has 4 atom stereocenters. The molecule has 2 fully saturated rings. The summed E-state index contributed by atoms with van der Waals surface area (Å²) in [5.41, 5.74) is 0.0136. The minimum atomic E-state index is -0.805. The summed E-state index contributed by atoms with van der Waals surface area (Å²) in [6.45, 7) is 2.35. The summed E-state index contributed by atoms with van der Waals surface area (Å²) < 4.78 is 11.2. The molecule has 2 bridgehead atoms. The number of fused-ring (bicyclic) bond motifs is 1. The molecule has 1 aromatic heterocycles. The number of aryl methyl sites for hydroxylation is 1. The van der Waals surface area contributed by atoms with Gasteiger partial charge in [0.2, 0.25) is 11.8 Å². The van der Waals surface area contributed by atoms with Crippen LogP contribution in [0.3, 0.4) is 0 Å². The third kappa shape index (κ3) is 2.87. The molecule has 0 radical (unpaired) electrons. The predicted octanol–water partition coefficient (Wildman–Crippen LogP) is 2.89. The Hall–Kier alpha value is -2.35. The van der Waals surface area contributed by atoms with Crippen LogP contribution >= 0.6 is 23.2 Å². The van der Waals surface area contributed by atoms with Crippen LogP contribution in [0.5, 0.6) is 0 Å². The molecule has 7 nitrogen and oxygen atoms in total. The van der Waals surface area contributed by atoms with Gasteiger partial charge in [-0.15, -0.1) is 0 Å². The zero-order valence-electron chi connectivity index (χ0n) is 15.4. The maximum Gasteiger partial charge on any atom is 0.235 e. The quantitative estimate of drug-likeness (QED) is 0.749. The number of nitrogens with zero attached hydrogens (tertiary/aromatic N) is 2. The van der Waals surface area contributed by atoms with Gasteiger partial charge in [-0.3, -0.25) is 14.5 Å². The van der Waals surface area contributed by atoms with Crippen LogP contribution in [-0.2, 0) is 20.9 Å². The normalized spacial score (nSPS) is 29.6. The van der Waals surface area contributed by atoms with Crippen molar-refractivity contribution in [2.24, 2.45) is 11.8 Å². The van der Waals surface area contributed by atoms with E-state index in [9.17, 15) is 9.59 Å². The number of hydrogen-bond acceptors (Lipinski definition) is 5. The van der Waals surface area contributed by atoms with Crippen molar-refractivity contribution >= 4 is 40.8 Å². The van der Waals surface area contributed by atoms with Gasteiger partial charge >= 0.3 is 0 Å². The molecule has 4 heterocycles. The molecule has 2 amide bonds. The van der Waals surface area contributed by atoms with E-state index in [4.69, 9.17) is 32.5 Å². The number of hydrogen-bond donors (Lipinski definition) is 1. The van der Waals surface area contributed by atoms with Crippen molar-refractivity contribution in [3.05, 3.63) is 57.8 Å². The Balaban J connectivity index is 1.36. The minimum Gasteiger partial charge on any atom is -0.360 e. The SMILES string of the molecule is Cc1cc(N2C[C@]34C=C[C@@H](O3)[C@@H](C(=O)NCc3ccc(Cl)c(Cl)c3)[C@H]4C2=O)no1. The number of aromatic nitrogens is 1. The third-order valence-corrected chi connectivity index (χ3v) is 6.48. The van der Waals surface area contributed by atoms with E-state index in [2.05, 4.69) is 10.5 Å². The van der Waals surface area contributed by atoms with Gasteiger partial charge in [0.15, 0.2) is 5.82 Å². The average Bonchev–Trinajstić information content (AvgIpc) is 3.43. The molecular formula is C20H17Cl2N3O4. The van der Waals surface area contributed by atoms with Crippen LogP contribution in [0.2, 0.25) is 10.0 Å². The lowest BCUT2D eigenvalue weighted by atomic mass is 9.77. The van der Waals surface area contributed by atoms with Gasteiger partial charge < -0.3 is 14.6 Å². The molecule has 1 spiro atoms. The molecule has 2 saturated heterocycles. The summed E-state index contributed by atoms with van der Waals surface area (Å²) in [5.74, 6) is -0.564. The van der Waals surface area contributed by atoms with Crippen molar-refractivity contribution in [1.82, 2.24) is 10.5 Å².